The van der Waals surface area contributed by atoms with Gasteiger partial charge in [0, 0.05) is 5.56 Å². The van der Waals surface area contributed by atoms with Crippen LogP contribution in [0.5, 0.6) is 17.2 Å². The van der Waals surface area contributed by atoms with Crippen molar-refractivity contribution in [3.05, 3.63) is 89.5 Å². The monoisotopic (exact) mass is 418 g/mol. The van der Waals surface area contributed by atoms with Crippen LogP contribution in [0.25, 0.3) is 0 Å². The molecule has 0 aliphatic rings. The van der Waals surface area contributed by atoms with Gasteiger partial charge in [0.1, 0.15) is 12.4 Å². The van der Waals surface area contributed by atoms with Crippen molar-refractivity contribution in [3.63, 3.8) is 0 Å². The molecule has 0 unspecified atom stereocenters. The van der Waals surface area contributed by atoms with Crippen molar-refractivity contribution in [2.75, 3.05) is 13.2 Å². The van der Waals surface area contributed by atoms with E-state index in [-0.39, 0.29) is 5.91 Å². The van der Waals surface area contributed by atoms with Crippen molar-refractivity contribution in [1.82, 2.24) is 5.43 Å². The summed E-state index contributed by atoms with van der Waals surface area (Å²) in [5, 5.41) is 4.05. The summed E-state index contributed by atoms with van der Waals surface area (Å²) in [7, 11) is 0. The number of nitrogens with one attached hydrogen (secondary N) is 1. The van der Waals surface area contributed by atoms with Crippen LogP contribution in [0.3, 0.4) is 0 Å². The van der Waals surface area contributed by atoms with Gasteiger partial charge in [-0.25, -0.2) is 5.43 Å². The van der Waals surface area contributed by atoms with Crippen LogP contribution in [0.2, 0.25) is 0 Å². The second kappa shape index (κ2) is 11.4. The lowest BCUT2D eigenvalue weighted by atomic mass is 10.2. The Kier molecular flexibility index (Phi) is 8.05. The summed E-state index contributed by atoms with van der Waals surface area (Å²) in [5.41, 5.74) is 4.89. The lowest BCUT2D eigenvalue weighted by molar-refractivity contribution is 0.0955. The van der Waals surface area contributed by atoms with Crippen molar-refractivity contribution in [1.29, 1.82) is 0 Å². The highest BCUT2D eigenvalue weighted by molar-refractivity contribution is 5.95. The van der Waals surface area contributed by atoms with Gasteiger partial charge in [-0.2, -0.15) is 5.10 Å². The van der Waals surface area contributed by atoms with E-state index in [1.54, 1.807) is 30.5 Å². The molecule has 1 amide bonds. The molecule has 160 valence electrons. The molecule has 3 aromatic carbocycles. The molecule has 0 fully saturated rings. The van der Waals surface area contributed by atoms with Gasteiger partial charge in [-0.1, -0.05) is 30.3 Å². The minimum absolute atomic E-state index is 0.299. The molecule has 0 saturated carbocycles. The van der Waals surface area contributed by atoms with E-state index < -0.39 is 0 Å². The maximum absolute atomic E-state index is 12.2. The first kappa shape index (κ1) is 21.9. The molecule has 6 nitrogen and oxygen atoms in total. The molecule has 31 heavy (non-hydrogen) atoms. The van der Waals surface area contributed by atoms with Gasteiger partial charge in [0.15, 0.2) is 11.5 Å². The molecule has 0 aliphatic carbocycles. The summed E-state index contributed by atoms with van der Waals surface area (Å²) in [6.07, 6.45) is 1.57. The van der Waals surface area contributed by atoms with Crippen molar-refractivity contribution in [2.24, 2.45) is 5.10 Å². The number of carbonyl (C=O) groups excluding carboxylic acids is 1. The van der Waals surface area contributed by atoms with Gasteiger partial charge in [-0.05, 0) is 67.4 Å². The van der Waals surface area contributed by atoms with Crippen LogP contribution in [0.1, 0.15) is 35.3 Å². The molecule has 1 N–H and O–H groups in total. The molecule has 6 heteroatoms. The van der Waals surface area contributed by atoms with Crippen molar-refractivity contribution in [2.45, 2.75) is 20.5 Å². The third-order valence-corrected chi connectivity index (χ3v) is 4.31. The number of amides is 1. The summed E-state index contributed by atoms with van der Waals surface area (Å²) >= 11 is 0. The second-order valence-electron chi connectivity index (χ2n) is 6.57. The molecule has 0 heterocycles. The highest BCUT2D eigenvalue weighted by atomic mass is 16.5. The van der Waals surface area contributed by atoms with Crippen molar-refractivity contribution in [3.8, 4) is 17.2 Å². The molecule has 3 aromatic rings. The number of hydrogen-bond donors (Lipinski definition) is 1. The van der Waals surface area contributed by atoms with Gasteiger partial charge in [0.2, 0.25) is 0 Å². The molecule has 0 bridgehead atoms. The first-order chi connectivity index (χ1) is 15.2. The maximum Gasteiger partial charge on any atom is 0.271 e. The first-order valence-electron chi connectivity index (χ1n) is 10.2. The molecule has 0 radical (unpaired) electrons. The first-order valence-corrected chi connectivity index (χ1v) is 10.2. The Morgan fingerprint density at radius 1 is 0.871 bits per heavy atom. The number of carbonyl (C=O) groups is 1. The van der Waals surface area contributed by atoms with Gasteiger partial charge >= 0.3 is 0 Å². The number of hydrazone groups is 1. The van der Waals surface area contributed by atoms with Gasteiger partial charge in [-0.15, -0.1) is 0 Å². The van der Waals surface area contributed by atoms with Crippen LogP contribution in [-0.4, -0.2) is 25.3 Å². The number of ether oxygens (including phenoxy) is 3. The quantitative estimate of drug-likeness (QED) is 0.378. The van der Waals surface area contributed by atoms with E-state index in [2.05, 4.69) is 10.5 Å². The van der Waals surface area contributed by atoms with Crippen LogP contribution in [-0.2, 0) is 6.61 Å². The second-order valence-corrected chi connectivity index (χ2v) is 6.57. The Hall–Kier alpha value is -3.80. The summed E-state index contributed by atoms with van der Waals surface area (Å²) in [6, 6.07) is 22.4. The minimum Gasteiger partial charge on any atom is -0.494 e. The smallest absolute Gasteiger partial charge is 0.271 e. The van der Waals surface area contributed by atoms with Crippen LogP contribution < -0.4 is 19.6 Å². The fourth-order valence-corrected chi connectivity index (χ4v) is 2.83. The predicted octanol–water partition coefficient (Wildman–Crippen LogP) is 4.83. The van der Waals surface area contributed by atoms with E-state index in [9.17, 15) is 4.79 Å². The van der Waals surface area contributed by atoms with E-state index >= 15 is 0 Å². The average Bonchev–Trinajstić information content (AvgIpc) is 2.80. The lowest BCUT2D eigenvalue weighted by Crippen LogP contribution is -2.17. The topological polar surface area (TPSA) is 69.2 Å². The van der Waals surface area contributed by atoms with Crippen molar-refractivity contribution < 1.29 is 19.0 Å². The van der Waals surface area contributed by atoms with E-state index in [0.717, 1.165) is 16.9 Å². The van der Waals surface area contributed by atoms with Gasteiger partial charge in [0.25, 0.3) is 5.91 Å². The standard InChI is InChI=1S/C25H26N2O4/c1-3-29-22-13-11-21(12-14-22)25(28)27-26-17-20-10-15-23(24(16-20)30-4-2)31-18-19-8-6-5-7-9-19/h5-17H,3-4,18H2,1-2H3,(H,27,28)/b26-17-. The SMILES string of the molecule is CCOc1ccc(C(=O)N/N=C\c2ccc(OCc3ccccc3)c(OCC)c2)cc1. The van der Waals surface area contributed by atoms with Gasteiger partial charge in [0.05, 0.1) is 19.4 Å². The van der Waals surface area contributed by atoms with Gasteiger partial charge < -0.3 is 14.2 Å². The summed E-state index contributed by atoms with van der Waals surface area (Å²) in [6.45, 7) is 5.37. The third kappa shape index (κ3) is 6.60. The molecular weight excluding hydrogens is 392 g/mol. The molecule has 3 rings (SSSR count). The number of nitrogens with zero attached hydrogens (tertiary/aromatic N) is 1. The largest absolute Gasteiger partial charge is 0.494 e. The normalized spacial score (nSPS) is 10.6. The lowest BCUT2D eigenvalue weighted by Gasteiger charge is -2.12. The minimum atomic E-state index is -0.299. The fourth-order valence-electron chi connectivity index (χ4n) is 2.83. The van der Waals surface area contributed by atoms with Crippen LogP contribution >= 0.6 is 0 Å². The van der Waals surface area contributed by atoms with Gasteiger partial charge in [-0.3, -0.25) is 4.79 Å². The van der Waals surface area contributed by atoms with E-state index in [1.165, 1.54) is 0 Å². The number of rotatable bonds is 10. The molecule has 0 aromatic heterocycles. The highest BCUT2D eigenvalue weighted by Crippen LogP contribution is 2.29. The van der Waals surface area contributed by atoms with Crippen LogP contribution in [0.15, 0.2) is 77.9 Å². The highest BCUT2D eigenvalue weighted by Gasteiger charge is 2.07. The third-order valence-electron chi connectivity index (χ3n) is 4.31. The Labute approximate surface area is 182 Å². The predicted molar refractivity (Wildman–Crippen MR) is 121 cm³/mol. The molecular formula is C25H26N2O4. The molecule has 0 aliphatic heterocycles. The van der Waals surface area contributed by atoms with Crippen LogP contribution in [0.4, 0.5) is 0 Å². The Balaban J connectivity index is 1.61. The maximum atomic E-state index is 12.2. The average molecular weight is 418 g/mol. The molecule has 0 atom stereocenters. The number of benzene rings is 3. The van der Waals surface area contributed by atoms with Crippen LogP contribution in [0, 0.1) is 0 Å². The van der Waals surface area contributed by atoms with E-state index in [0.29, 0.717) is 36.9 Å². The Morgan fingerprint density at radius 2 is 1.61 bits per heavy atom. The fraction of sp³-hybridized carbons (Fsp3) is 0.200. The Morgan fingerprint density at radius 3 is 2.32 bits per heavy atom. The number of hydrogen-bond acceptors (Lipinski definition) is 5. The molecule has 0 saturated heterocycles. The van der Waals surface area contributed by atoms with Crippen molar-refractivity contribution >= 4 is 12.1 Å². The zero-order valence-electron chi connectivity index (χ0n) is 17.7. The zero-order valence-corrected chi connectivity index (χ0v) is 17.7. The summed E-state index contributed by atoms with van der Waals surface area (Å²) in [5.74, 6) is 1.70. The summed E-state index contributed by atoms with van der Waals surface area (Å²) < 4.78 is 17.0. The van der Waals surface area contributed by atoms with E-state index in [4.69, 9.17) is 14.2 Å². The molecule has 0 spiro atoms. The zero-order chi connectivity index (χ0) is 21.9. The summed E-state index contributed by atoms with van der Waals surface area (Å²) in [4.78, 5) is 12.2. The van der Waals surface area contributed by atoms with E-state index in [1.807, 2.05) is 62.4 Å². The Bertz CT molecular complexity index is 1000.